The van der Waals surface area contributed by atoms with Gasteiger partial charge in [0, 0.05) is 0 Å². The average molecular weight is 304 g/mol. The molecule has 0 bridgehead atoms. The Labute approximate surface area is 131 Å². The van der Waals surface area contributed by atoms with Crippen LogP contribution in [-0.4, -0.2) is 17.0 Å². The summed E-state index contributed by atoms with van der Waals surface area (Å²) in [4.78, 5) is 23.9. The second kappa shape index (κ2) is 6.81. The van der Waals surface area contributed by atoms with E-state index in [9.17, 15) is 14.7 Å². The van der Waals surface area contributed by atoms with Crippen LogP contribution >= 0.6 is 0 Å². The molecule has 5 heteroatoms. The summed E-state index contributed by atoms with van der Waals surface area (Å²) in [6.07, 6.45) is 2.85. The molecule has 1 amide bonds. The normalized spacial score (nSPS) is 24.1. The van der Waals surface area contributed by atoms with Gasteiger partial charge in [-0.1, -0.05) is 32.0 Å². The van der Waals surface area contributed by atoms with Crippen LogP contribution in [0.2, 0.25) is 0 Å². The zero-order valence-electron chi connectivity index (χ0n) is 13.1. The second-order valence-electron chi connectivity index (χ2n) is 6.77. The van der Waals surface area contributed by atoms with Gasteiger partial charge in [-0.15, -0.1) is 0 Å². The summed E-state index contributed by atoms with van der Waals surface area (Å²) in [6.45, 7) is 4.27. The van der Waals surface area contributed by atoms with E-state index in [1.807, 2.05) is 30.3 Å². The molecule has 22 heavy (non-hydrogen) atoms. The Balaban J connectivity index is 2.03. The van der Waals surface area contributed by atoms with Crippen LogP contribution in [0.1, 0.15) is 39.5 Å². The zero-order valence-corrected chi connectivity index (χ0v) is 13.1. The van der Waals surface area contributed by atoms with E-state index < -0.39 is 17.8 Å². The lowest BCUT2D eigenvalue weighted by Crippen LogP contribution is -2.40. The van der Waals surface area contributed by atoms with Crippen molar-refractivity contribution in [1.29, 1.82) is 0 Å². The van der Waals surface area contributed by atoms with Crippen molar-refractivity contribution in [1.82, 2.24) is 5.43 Å². The molecule has 1 aromatic carbocycles. The first-order valence-corrected chi connectivity index (χ1v) is 7.73. The number of anilines is 1. The molecule has 2 rings (SSSR count). The van der Waals surface area contributed by atoms with Gasteiger partial charge in [0.2, 0.25) is 5.91 Å². The standard InChI is InChI=1S/C17H24N2O3/c1-17(2)10-8-13(14(9-11-17)16(21)22)15(20)19-18-12-6-4-3-5-7-12/h3-7,13-14,18H,8-11H2,1-2H3,(H,19,20)(H,21,22). The SMILES string of the molecule is CC1(C)CCC(C(=O)O)C(C(=O)NNc2ccccc2)CC1. The monoisotopic (exact) mass is 304 g/mol. The molecule has 0 saturated heterocycles. The van der Waals surface area contributed by atoms with Crippen molar-refractivity contribution >= 4 is 17.6 Å². The van der Waals surface area contributed by atoms with E-state index >= 15 is 0 Å². The van der Waals surface area contributed by atoms with Crippen molar-refractivity contribution in [2.24, 2.45) is 17.3 Å². The fourth-order valence-corrected chi connectivity index (χ4v) is 2.98. The van der Waals surface area contributed by atoms with Crippen molar-refractivity contribution in [3.63, 3.8) is 0 Å². The molecule has 0 spiro atoms. The summed E-state index contributed by atoms with van der Waals surface area (Å²) in [6, 6.07) is 9.29. The number of carboxylic acids is 1. The average Bonchev–Trinajstić information content (AvgIpc) is 2.64. The highest BCUT2D eigenvalue weighted by Gasteiger charge is 2.38. The Bertz CT molecular complexity index is 528. The van der Waals surface area contributed by atoms with E-state index in [0.717, 1.165) is 18.5 Å². The molecule has 1 fully saturated rings. The molecule has 1 saturated carbocycles. The number of carboxylic acid groups (broad SMARTS) is 1. The van der Waals surface area contributed by atoms with Crippen LogP contribution in [-0.2, 0) is 9.59 Å². The molecule has 0 heterocycles. The minimum Gasteiger partial charge on any atom is -0.481 e. The third kappa shape index (κ3) is 4.23. The number of carbonyl (C=O) groups excluding carboxylic acids is 1. The van der Waals surface area contributed by atoms with E-state index in [-0.39, 0.29) is 11.3 Å². The maximum absolute atomic E-state index is 12.4. The van der Waals surface area contributed by atoms with E-state index in [0.29, 0.717) is 12.8 Å². The topological polar surface area (TPSA) is 78.4 Å². The molecule has 0 aliphatic heterocycles. The van der Waals surface area contributed by atoms with Crippen LogP contribution in [0.15, 0.2) is 30.3 Å². The summed E-state index contributed by atoms with van der Waals surface area (Å²) in [7, 11) is 0. The summed E-state index contributed by atoms with van der Waals surface area (Å²) in [5.41, 5.74) is 6.37. The first kappa shape index (κ1) is 16.3. The van der Waals surface area contributed by atoms with Gasteiger partial charge in [0.05, 0.1) is 17.5 Å². The number of carbonyl (C=O) groups is 2. The number of aliphatic carboxylic acids is 1. The van der Waals surface area contributed by atoms with Crippen molar-refractivity contribution in [2.75, 3.05) is 5.43 Å². The Morgan fingerprint density at radius 1 is 1.09 bits per heavy atom. The van der Waals surface area contributed by atoms with Crippen LogP contribution < -0.4 is 10.9 Å². The van der Waals surface area contributed by atoms with Crippen LogP contribution in [0.25, 0.3) is 0 Å². The van der Waals surface area contributed by atoms with Gasteiger partial charge in [-0.3, -0.25) is 20.4 Å². The highest BCUT2D eigenvalue weighted by Crippen LogP contribution is 2.39. The van der Waals surface area contributed by atoms with Gasteiger partial charge in [0.25, 0.3) is 0 Å². The van der Waals surface area contributed by atoms with E-state index in [1.165, 1.54) is 0 Å². The lowest BCUT2D eigenvalue weighted by atomic mass is 9.85. The summed E-state index contributed by atoms with van der Waals surface area (Å²) in [5, 5.41) is 9.44. The Morgan fingerprint density at radius 3 is 2.27 bits per heavy atom. The molecule has 1 aliphatic rings. The predicted molar refractivity (Wildman–Crippen MR) is 85.1 cm³/mol. The molecule has 5 nitrogen and oxygen atoms in total. The van der Waals surface area contributed by atoms with Crippen LogP contribution in [0.3, 0.4) is 0 Å². The lowest BCUT2D eigenvalue weighted by molar-refractivity contribution is -0.147. The number of hydrazine groups is 1. The smallest absolute Gasteiger partial charge is 0.307 e. The Kier molecular flexibility index (Phi) is 5.06. The third-order valence-electron chi connectivity index (χ3n) is 4.51. The number of benzene rings is 1. The molecule has 1 aromatic rings. The first-order valence-electron chi connectivity index (χ1n) is 7.73. The minimum atomic E-state index is -0.877. The molecule has 0 radical (unpaired) electrons. The molecule has 2 atom stereocenters. The largest absolute Gasteiger partial charge is 0.481 e. The Hall–Kier alpha value is -2.04. The third-order valence-corrected chi connectivity index (χ3v) is 4.51. The predicted octanol–water partition coefficient (Wildman–Crippen LogP) is 3.05. The van der Waals surface area contributed by atoms with Gasteiger partial charge in [-0.05, 0) is 43.2 Å². The van der Waals surface area contributed by atoms with Crippen molar-refractivity contribution in [3.8, 4) is 0 Å². The van der Waals surface area contributed by atoms with Crippen molar-refractivity contribution < 1.29 is 14.7 Å². The van der Waals surface area contributed by atoms with Crippen LogP contribution in [0, 0.1) is 17.3 Å². The van der Waals surface area contributed by atoms with Gasteiger partial charge >= 0.3 is 5.97 Å². The minimum absolute atomic E-state index is 0.0928. The van der Waals surface area contributed by atoms with Crippen LogP contribution in [0.5, 0.6) is 0 Å². The number of para-hydroxylation sites is 1. The Morgan fingerprint density at radius 2 is 1.68 bits per heavy atom. The molecule has 120 valence electrons. The summed E-state index contributed by atoms with van der Waals surface area (Å²) in [5.74, 6) is -2.22. The first-order chi connectivity index (χ1) is 10.4. The van der Waals surface area contributed by atoms with Gasteiger partial charge in [0.1, 0.15) is 0 Å². The fraction of sp³-hybridized carbons (Fsp3) is 0.529. The molecule has 2 unspecified atom stereocenters. The highest BCUT2D eigenvalue weighted by atomic mass is 16.4. The molecule has 3 N–H and O–H groups in total. The number of rotatable bonds is 4. The van der Waals surface area contributed by atoms with Gasteiger partial charge in [0.15, 0.2) is 0 Å². The van der Waals surface area contributed by atoms with Gasteiger partial charge in [-0.25, -0.2) is 0 Å². The number of amides is 1. The quantitative estimate of drug-likeness (QED) is 0.590. The second-order valence-corrected chi connectivity index (χ2v) is 6.77. The van der Waals surface area contributed by atoms with Gasteiger partial charge in [-0.2, -0.15) is 0 Å². The van der Waals surface area contributed by atoms with Crippen LogP contribution in [0.4, 0.5) is 5.69 Å². The van der Waals surface area contributed by atoms with E-state index in [2.05, 4.69) is 24.7 Å². The van der Waals surface area contributed by atoms with E-state index in [1.54, 1.807) is 0 Å². The van der Waals surface area contributed by atoms with E-state index in [4.69, 9.17) is 0 Å². The number of nitrogens with one attached hydrogen (secondary N) is 2. The summed E-state index contributed by atoms with van der Waals surface area (Å²) < 4.78 is 0. The molecular weight excluding hydrogens is 280 g/mol. The van der Waals surface area contributed by atoms with Crippen molar-refractivity contribution in [2.45, 2.75) is 39.5 Å². The highest BCUT2D eigenvalue weighted by molar-refractivity contribution is 5.85. The maximum Gasteiger partial charge on any atom is 0.307 e. The fourth-order valence-electron chi connectivity index (χ4n) is 2.98. The molecule has 0 aromatic heterocycles. The van der Waals surface area contributed by atoms with Crippen molar-refractivity contribution in [3.05, 3.63) is 30.3 Å². The zero-order chi connectivity index (χ0) is 16.2. The van der Waals surface area contributed by atoms with Gasteiger partial charge < -0.3 is 5.11 Å². The molecular formula is C17H24N2O3. The number of hydrogen-bond donors (Lipinski definition) is 3. The lowest BCUT2D eigenvalue weighted by Gasteiger charge is -2.22. The molecule has 1 aliphatic carbocycles. The number of hydrogen-bond acceptors (Lipinski definition) is 3. The maximum atomic E-state index is 12.4. The summed E-state index contributed by atoms with van der Waals surface area (Å²) >= 11 is 0.